The van der Waals surface area contributed by atoms with Crippen molar-refractivity contribution in [1.82, 2.24) is 10.2 Å². The van der Waals surface area contributed by atoms with Crippen molar-refractivity contribution in [2.75, 3.05) is 26.2 Å². The molecule has 0 spiro atoms. The first-order chi connectivity index (χ1) is 9.75. The van der Waals surface area contributed by atoms with E-state index in [0.29, 0.717) is 5.56 Å². The Kier molecular flexibility index (Phi) is 5.70. The number of halogens is 3. The van der Waals surface area contributed by atoms with Crippen LogP contribution < -0.4 is 5.32 Å². The second-order valence-corrected chi connectivity index (χ2v) is 5.69. The minimum Gasteiger partial charge on any atom is -0.314 e. The van der Waals surface area contributed by atoms with Crippen LogP contribution in [-0.2, 0) is 0 Å². The van der Waals surface area contributed by atoms with Crippen LogP contribution in [0.15, 0.2) is 35.0 Å². The Labute approximate surface area is 133 Å². The van der Waals surface area contributed by atoms with Gasteiger partial charge in [0.15, 0.2) is 0 Å². The number of benzene rings is 1. The lowest BCUT2D eigenvalue weighted by Crippen LogP contribution is -2.45. The van der Waals surface area contributed by atoms with E-state index in [0.717, 1.165) is 31.7 Å². The molecule has 1 aliphatic rings. The summed E-state index contributed by atoms with van der Waals surface area (Å²) in [5.74, 6) is -0.738. The third-order valence-corrected chi connectivity index (χ3v) is 4.33. The standard InChI is InChI=1S/C15H16F2N2S.ClH/c16-12-1-2-14(17)13(9-12)15(11-3-8-20-10-11)19-6-4-18-5-7-19;/h1-3,8-10,15,18H,4-7H2;1H/t15-;/m0./s1. The Balaban J connectivity index is 0.00000161. The average Bonchev–Trinajstić information content (AvgIpc) is 2.98. The van der Waals surface area contributed by atoms with Gasteiger partial charge in [0.1, 0.15) is 11.6 Å². The van der Waals surface area contributed by atoms with E-state index in [-0.39, 0.29) is 24.3 Å². The van der Waals surface area contributed by atoms with Crippen molar-refractivity contribution in [3.05, 3.63) is 57.8 Å². The van der Waals surface area contributed by atoms with E-state index < -0.39 is 5.82 Å². The summed E-state index contributed by atoms with van der Waals surface area (Å²) in [6.07, 6.45) is 0. The lowest BCUT2D eigenvalue weighted by molar-refractivity contribution is 0.195. The zero-order chi connectivity index (χ0) is 13.9. The van der Waals surface area contributed by atoms with Gasteiger partial charge in [-0.1, -0.05) is 0 Å². The van der Waals surface area contributed by atoms with E-state index in [2.05, 4.69) is 10.2 Å². The topological polar surface area (TPSA) is 15.3 Å². The van der Waals surface area contributed by atoms with Crippen LogP contribution in [0.4, 0.5) is 8.78 Å². The van der Waals surface area contributed by atoms with Crippen LogP contribution in [0.3, 0.4) is 0 Å². The molecule has 0 aliphatic carbocycles. The molecule has 1 aliphatic heterocycles. The zero-order valence-corrected chi connectivity index (χ0v) is 13.0. The molecule has 1 saturated heterocycles. The van der Waals surface area contributed by atoms with Crippen LogP contribution in [0.5, 0.6) is 0 Å². The van der Waals surface area contributed by atoms with Crippen LogP contribution in [0, 0.1) is 11.6 Å². The minimum absolute atomic E-state index is 0. The maximum absolute atomic E-state index is 14.2. The second kappa shape index (κ2) is 7.31. The highest BCUT2D eigenvalue weighted by Gasteiger charge is 2.26. The van der Waals surface area contributed by atoms with Gasteiger partial charge in [0.25, 0.3) is 0 Å². The van der Waals surface area contributed by atoms with Gasteiger partial charge in [-0.25, -0.2) is 8.78 Å². The van der Waals surface area contributed by atoms with Gasteiger partial charge >= 0.3 is 0 Å². The van der Waals surface area contributed by atoms with Crippen molar-refractivity contribution in [2.24, 2.45) is 0 Å². The molecule has 1 aromatic carbocycles. The normalized spacial score (nSPS) is 17.2. The number of nitrogens with zero attached hydrogens (tertiary/aromatic N) is 1. The van der Waals surface area contributed by atoms with Crippen molar-refractivity contribution < 1.29 is 8.78 Å². The lowest BCUT2D eigenvalue weighted by atomic mass is 9.98. The molecule has 2 nitrogen and oxygen atoms in total. The van der Waals surface area contributed by atoms with Crippen molar-refractivity contribution in [1.29, 1.82) is 0 Å². The summed E-state index contributed by atoms with van der Waals surface area (Å²) < 4.78 is 27.7. The van der Waals surface area contributed by atoms with Crippen molar-refractivity contribution in [2.45, 2.75) is 6.04 Å². The quantitative estimate of drug-likeness (QED) is 0.927. The molecule has 21 heavy (non-hydrogen) atoms. The Bertz CT molecular complexity index is 571. The fourth-order valence-corrected chi connectivity index (χ4v) is 3.36. The van der Waals surface area contributed by atoms with Gasteiger partial charge in [0, 0.05) is 31.7 Å². The van der Waals surface area contributed by atoms with Gasteiger partial charge in [-0.2, -0.15) is 11.3 Å². The van der Waals surface area contributed by atoms with Gasteiger partial charge in [-0.05, 0) is 40.6 Å². The third kappa shape index (κ3) is 3.61. The highest BCUT2D eigenvalue weighted by atomic mass is 35.5. The number of nitrogens with one attached hydrogen (secondary N) is 1. The summed E-state index contributed by atoms with van der Waals surface area (Å²) in [4.78, 5) is 2.20. The minimum atomic E-state index is -0.392. The second-order valence-electron chi connectivity index (χ2n) is 4.91. The van der Waals surface area contributed by atoms with Gasteiger partial charge in [-0.3, -0.25) is 4.90 Å². The van der Waals surface area contributed by atoms with Crippen LogP contribution in [0.2, 0.25) is 0 Å². The maximum Gasteiger partial charge on any atom is 0.128 e. The van der Waals surface area contributed by atoms with E-state index in [1.54, 1.807) is 11.3 Å². The summed E-state index contributed by atoms with van der Waals surface area (Å²) >= 11 is 1.58. The van der Waals surface area contributed by atoms with Crippen LogP contribution >= 0.6 is 23.7 Å². The fourth-order valence-electron chi connectivity index (χ4n) is 2.68. The summed E-state index contributed by atoms with van der Waals surface area (Å²) in [7, 11) is 0. The van der Waals surface area contributed by atoms with Gasteiger partial charge in [0.2, 0.25) is 0 Å². The Morgan fingerprint density at radius 2 is 1.90 bits per heavy atom. The maximum atomic E-state index is 14.2. The fraction of sp³-hybridized carbons (Fsp3) is 0.333. The largest absolute Gasteiger partial charge is 0.314 e. The van der Waals surface area contributed by atoms with Crippen molar-refractivity contribution in [3.63, 3.8) is 0 Å². The summed E-state index contributed by atoms with van der Waals surface area (Å²) in [5, 5.41) is 7.27. The smallest absolute Gasteiger partial charge is 0.128 e. The number of hydrogen-bond acceptors (Lipinski definition) is 3. The Morgan fingerprint density at radius 1 is 1.14 bits per heavy atom. The Morgan fingerprint density at radius 3 is 2.57 bits per heavy atom. The molecule has 0 bridgehead atoms. The molecule has 1 aromatic heterocycles. The third-order valence-electron chi connectivity index (χ3n) is 3.63. The molecule has 3 rings (SSSR count). The van der Waals surface area contributed by atoms with Crippen molar-refractivity contribution >= 4 is 23.7 Å². The lowest BCUT2D eigenvalue weighted by Gasteiger charge is -2.35. The molecule has 1 fully saturated rings. The molecule has 114 valence electrons. The van der Waals surface area contributed by atoms with E-state index >= 15 is 0 Å². The molecule has 2 aromatic rings. The predicted molar refractivity (Wildman–Crippen MR) is 84.2 cm³/mol. The molecule has 0 saturated carbocycles. The monoisotopic (exact) mass is 330 g/mol. The molecule has 1 N–H and O–H groups in total. The summed E-state index contributed by atoms with van der Waals surface area (Å²) in [6, 6.07) is 5.48. The molecular weight excluding hydrogens is 314 g/mol. The van der Waals surface area contributed by atoms with Gasteiger partial charge in [0.05, 0.1) is 6.04 Å². The SMILES string of the molecule is Cl.Fc1ccc(F)c([C@H](c2ccsc2)N2CCNCC2)c1. The first-order valence-corrected chi connectivity index (χ1v) is 7.62. The highest BCUT2D eigenvalue weighted by Crippen LogP contribution is 2.32. The number of hydrogen-bond donors (Lipinski definition) is 1. The molecule has 2 heterocycles. The van der Waals surface area contributed by atoms with Gasteiger partial charge in [-0.15, -0.1) is 12.4 Å². The van der Waals surface area contributed by atoms with Gasteiger partial charge < -0.3 is 5.32 Å². The first kappa shape index (κ1) is 16.4. The molecule has 1 atom stereocenters. The van der Waals surface area contributed by atoms with Crippen molar-refractivity contribution in [3.8, 4) is 0 Å². The number of piperazine rings is 1. The van der Waals surface area contributed by atoms with E-state index in [9.17, 15) is 8.78 Å². The molecule has 0 unspecified atom stereocenters. The first-order valence-electron chi connectivity index (χ1n) is 6.67. The number of thiophene rings is 1. The van der Waals surface area contributed by atoms with E-state index in [1.165, 1.54) is 18.2 Å². The van der Waals surface area contributed by atoms with Crippen LogP contribution in [0.1, 0.15) is 17.2 Å². The van der Waals surface area contributed by atoms with Crippen LogP contribution in [-0.4, -0.2) is 31.1 Å². The molecule has 0 radical (unpaired) electrons. The summed E-state index contributed by atoms with van der Waals surface area (Å²) in [5.41, 5.74) is 1.45. The molecule has 6 heteroatoms. The van der Waals surface area contributed by atoms with Crippen LogP contribution in [0.25, 0.3) is 0 Å². The number of rotatable bonds is 3. The average molecular weight is 331 g/mol. The molecular formula is C15H17ClF2N2S. The molecule has 0 amide bonds. The summed E-state index contributed by atoms with van der Waals surface area (Å²) in [6.45, 7) is 3.40. The highest BCUT2D eigenvalue weighted by molar-refractivity contribution is 7.08. The predicted octanol–water partition coefficient (Wildman–Crippen LogP) is 3.44. The Hall–Kier alpha value is -1.01. The zero-order valence-electron chi connectivity index (χ0n) is 11.4. The van der Waals surface area contributed by atoms with E-state index in [4.69, 9.17) is 0 Å². The van der Waals surface area contributed by atoms with E-state index in [1.807, 2.05) is 16.8 Å².